The Morgan fingerprint density at radius 3 is 2.93 bits per heavy atom. The van der Waals surface area contributed by atoms with Crippen LogP contribution in [0, 0.1) is 5.41 Å². The van der Waals surface area contributed by atoms with Crippen molar-refractivity contribution in [2.75, 3.05) is 13.1 Å². The number of fused-ring (bicyclic) bond motifs is 1. The van der Waals surface area contributed by atoms with Crippen LogP contribution in [0.1, 0.15) is 32.0 Å². The predicted molar refractivity (Wildman–Crippen MR) is 60.5 cm³/mol. The average molecular weight is 205 g/mol. The number of nitrogens with zero attached hydrogens (tertiary/aromatic N) is 3. The van der Waals surface area contributed by atoms with Gasteiger partial charge in [-0.2, -0.15) is 0 Å². The van der Waals surface area contributed by atoms with E-state index in [1.165, 1.54) is 11.3 Å². The Morgan fingerprint density at radius 1 is 1.40 bits per heavy atom. The summed E-state index contributed by atoms with van der Waals surface area (Å²) in [6.07, 6.45) is 4.67. The molecule has 0 radical (unpaired) electrons. The molecule has 0 saturated heterocycles. The minimum atomic E-state index is 0.368. The van der Waals surface area contributed by atoms with Crippen LogP contribution in [0.4, 0.5) is 0 Å². The van der Waals surface area contributed by atoms with Crippen LogP contribution in [0.5, 0.6) is 0 Å². The van der Waals surface area contributed by atoms with E-state index in [9.17, 15) is 0 Å². The van der Waals surface area contributed by atoms with Gasteiger partial charge in [0.15, 0.2) is 0 Å². The summed E-state index contributed by atoms with van der Waals surface area (Å²) in [6, 6.07) is 0. The lowest BCUT2D eigenvalue weighted by Gasteiger charge is -2.33. The Balaban J connectivity index is 2.06. The number of rotatable bonds is 1. The van der Waals surface area contributed by atoms with E-state index in [0.29, 0.717) is 5.41 Å². The molecule has 82 valence electrons. The highest BCUT2D eigenvalue weighted by Crippen LogP contribution is 2.21. The molecule has 0 aliphatic carbocycles. The van der Waals surface area contributed by atoms with Gasteiger partial charge in [-0.05, 0) is 5.41 Å². The molecule has 0 unspecified atom stereocenters. The van der Waals surface area contributed by atoms with Crippen molar-refractivity contribution in [2.45, 2.75) is 33.7 Å². The Bertz CT molecular complexity index is 341. The third-order valence-electron chi connectivity index (χ3n) is 2.64. The third-order valence-corrected chi connectivity index (χ3v) is 2.64. The molecule has 0 N–H and O–H groups in total. The van der Waals surface area contributed by atoms with Crippen LogP contribution in [0.25, 0.3) is 0 Å². The van der Waals surface area contributed by atoms with Gasteiger partial charge in [0, 0.05) is 43.5 Å². The molecule has 0 fully saturated rings. The Kier molecular flexibility index (Phi) is 2.74. The molecule has 0 aromatic carbocycles. The first-order valence-electron chi connectivity index (χ1n) is 5.55. The van der Waals surface area contributed by atoms with Crippen LogP contribution in [0.2, 0.25) is 0 Å². The highest BCUT2D eigenvalue weighted by Gasteiger charge is 2.21. The first kappa shape index (κ1) is 10.6. The van der Waals surface area contributed by atoms with Gasteiger partial charge in [-0.1, -0.05) is 20.8 Å². The van der Waals surface area contributed by atoms with E-state index in [1.807, 2.05) is 6.20 Å². The highest BCUT2D eigenvalue weighted by atomic mass is 15.1. The Labute approximate surface area is 91.5 Å². The standard InChI is InChI=1S/C12H19N3/c1-12(2,3)8-15-5-4-11-10(7-15)6-13-9-14-11/h6,9H,4-5,7-8H2,1-3H3. The van der Waals surface area contributed by atoms with Gasteiger partial charge in [0.2, 0.25) is 0 Å². The maximum atomic E-state index is 4.31. The van der Waals surface area contributed by atoms with E-state index in [2.05, 4.69) is 35.6 Å². The summed E-state index contributed by atoms with van der Waals surface area (Å²) in [7, 11) is 0. The van der Waals surface area contributed by atoms with E-state index in [4.69, 9.17) is 0 Å². The molecule has 1 aromatic rings. The van der Waals surface area contributed by atoms with Crippen molar-refractivity contribution in [3.05, 3.63) is 23.8 Å². The van der Waals surface area contributed by atoms with E-state index in [1.54, 1.807) is 6.33 Å². The normalized spacial score (nSPS) is 17.5. The molecule has 0 bridgehead atoms. The first-order chi connectivity index (χ1) is 7.04. The summed E-state index contributed by atoms with van der Waals surface area (Å²) in [5.74, 6) is 0. The third kappa shape index (κ3) is 2.75. The lowest BCUT2D eigenvalue weighted by atomic mass is 9.94. The van der Waals surface area contributed by atoms with Crippen LogP contribution in [0.3, 0.4) is 0 Å². The van der Waals surface area contributed by atoms with Crippen molar-refractivity contribution in [3.63, 3.8) is 0 Å². The molecule has 1 aliphatic rings. The van der Waals surface area contributed by atoms with Crippen molar-refractivity contribution in [1.82, 2.24) is 14.9 Å². The second-order valence-electron chi connectivity index (χ2n) is 5.52. The largest absolute Gasteiger partial charge is 0.298 e. The molecule has 3 heteroatoms. The smallest absolute Gasteiger partial charge is 0.115 e. The van der Waals surface area contributed by atoms with Gasteiger partial charge in [0.1, 0.15) is 6.33 Å². The van der Waals surface area contributed by atoms with Crippen molar-refractivity contribution in [3.8, 4) is 0 Å². The molecule has 3 nitrogen and oxygen atoms in total. The fourth-order valence-electron chi connectivity index (χ4n) is 2.13. The predicted octanol–water partition coefficient (Wildman–Crippen LogP) is 1.88. The summed E-state index contributed by atoms with van der Waals surface area (Å²) in [6.45, 7) is 10.1. The first-order valence-corrected chi connectivity index (χ1v) is 5.55. The number of hydrogen-bond acceptors (Lipinski definition) is 3. The van der Waals surface area contributed by atoms with Crippen molar-refractivity contribution in [2.24, 2.45) is 5.41 Å². The van der Waals surface area contributed by atoms with Crippen molar-refractivity contribution >= 4 is 0 Å². The zero-order valence-corrected chi connectivity index (χ0v) is 9.82. The quantitative estimate of drug-likeness (QED) is 0.701. The SMILES string of the molecule is CC(C)(C)CN1CCc2ncncc2C1. The number of aromatic nitrogens is 2. The summed E-state index contributed by atoms with van der Waals surface area (Å²) in [5, 5.41) is 0. The molecule has 0 amide bonds. The monoisotopic (exact) mass is 205 g/mol. The summed E-state index contributed by atoms with van der Waals surface area (Å²) in [4.78, 5) is 10.9. The van der Waals surface area contributed by atoms with Gasteiger partial charge >= 0.3 is 0 Å². The van der Waals surface area contributed by atoms with Gasteiger partial charge in [0.25, 0.3) is 0 Å². The van der Waals surface area contributed by atoms with Gasteiger partial charge in [0.05, 0.1) is 0 Å². The van der Waals surface area contributed by atoms with Crippen LogP contribution in [-0.4, -0.2) is 28.0 Å². The molecule has 0 atom stereocenters. The van der Waals surface area contributed by atoms with Crippen LogP contribution in [-0.2, 0) is 13.0 Å². The number of hydrogen-bond donors (Lipinski definition) is 0. The van der Waals surface area contributed by atoms with Crippen LogP contribution in [0.15, 0.2) is 12.5 Å². The summed E-state index contributed by atoms with van der Waals surface area (Å²) >= 11 is 0. The van der Waals surface area contributed by atoms with E-state index in [0.717, 1.165) is 26.1 Å². The van der Waals surface area contributed by atoms with Crippen LogP contribution < -0.4 is 0 Å². The summed E-state index contributed by atoms with van der Waals surface area (Å²) < 4.78 is 0. The van der Waals surface area contributed by atoms with Gasteiger partial charge < -0.3 is 0 Å². The second kappa shape index (κ2) is 3.89. The summed E-state index contributed by atoms with van der Waals surface area (Å²) in [5.41, 5.74) is 2.90. The minimum Gasteiger partial charge on any atom is -0.298 e. The molecular formula is C12H19N3. The lowest BCUT2D eigenvalue weighted by Crippen LogP contribution is -2.37. The topological polar surface area (TPSA) is 29.0 Å². The highest BCUT2D eigenvalue weighted by molar-refractivity contribution is 5.18. The molecule has 2 heterocycles. The van der Waals surface area contributed by atoms with Crippen molar-refractivity contribution < 1.29 is 0 Å². The Hall–Kier alpha value is -0.960. The van der Waals surface area contributed by atoms with Gasteiger partial charge in [-0.3, -0.25) is 4.90 Å². The molecule has 0 spiro atoms. The Morgan fingerprint density at radius 2 is 2.20 bits per heavy atom. The molecule has 2 rings (SSSR count). The van der Waals surface area contributed by atoms with E-state index in [-0.39, 0.29) is 0 Å². The maximum absolute atomic E-state index is 4.31. The molecule has 1 aliphatic heterocycles. The fraction of sp³-hybridized carbons (Fsp3) is 0.667. The van der Waals surface area contributed by atoms with Crippen molar-refractivity contribution in [1.29, 1.82) is 0 Å². The average Bonchev–Trinajstić information content (AvgIpc) is 2.15. The molecule has 0 saturated carbocycles. The molecule has 15 heavy (non-hydrogen) atoms. The molecule has 1 aromatic heterocycles. The zero-order chi connectivity index (χ0) is 10.9. The molecular weight excluding hydrogens is 186 g/mol. The van der Waals surface area contributed by atoms with Gasteiger partial charge in [-0.25, -0.2) is 9.97 Å². The fourth-order valence-corrected chi connectivity index (χ4v) is 2.13. The van der Waals surface area contributed by atoms with E-state index < -0.39 is 0 Å². The van der Waals surface area contributed by atoms with Gasteiger partial charge in [-0.15, -0.1) is 0 Å². The minimum absolute atomic E-state index is 0.368. The van der Waals surface area contributed by atoms with E-state index >= 15 is 0 Å². The van der Waals surface area contributed by atoms with Crippen LogP contribution >= 0.6 is 0 Å². The lowest BCUT2D eigenvalue weighted by molar-refractivity contribution is 0.175. The maximum Gasteiger partial charge on any atom is 0.115 e. The zero-order valence-electron chi connectivity index (χ0n) is 9.82. The second-order valence-corrected chi connectivity index (χ2v) is 5.52.